The molecule has 0 saturated carbocycles. The fourth-order valence-electron chi connectivity index (χ4n) is 6.79. The van der Waals surface area contributed by atoms with Gasteiger partial charge in [-0.05, 0) is 107 Å². The summed E-state index contributed by atoms with van der Waals surface area (Å²) in [5.41, 5.74) is -2.36. The number of hydrogen-bond acceptors (Lipinski definition) is 22. The largest absolute Gasteiger partial charge is 0.450 e. The fraction of sp³-hybridized carbons (Fsp3) is 0. The van der Waals surface area contributed by atoms with Gasteiger partial charge in [-0.25, -0.2) is 9.98 Å². The Morgan fingerprint density at radius 2 is 0.736 bits per heavy atom. The monoisotopic (exact) mass is 1180 g/mol. The maximum absolute atomic E-state index is 13.1. The van der Waals surface area contributed by atoms with Crippen molar-refractivity contribution in [3.63, 3.8) is 0 Å². The van der Waals surface area contributed by atoms with Crippen LogP contribution in [-0.2, 0) is 40.5 Å². The van der Waals surface area contributed by atoms with Gasteiger partial charge in [0.2, 0.25) is 33.0 Å². The molecule has 8 N–H and O–H groups in total. The molecule has 5 aromatic carbocycles. The third kappa shape index (κ3) is 10.1. The first-order valence-corrected chi connectivity index (χ1v) is 26.7. The summed E-state index contributed by atoms with van der Waals surface area (Å²) >= 11 is 36.8. The Morgan fingerprint density at radius 1 is 0.403 bits per heavy atom. The minimum absolute atomic E-state index is 0.173. The Morgan fingerprint density at radius 3 is 1.06 bits per heavy atom. The van der Waals surface area contributed by atoms with Crippen LogP contribution in [0, 0.1) is 0 Å². The zero-order valence-corrected chi connectivity index (χ0v) is 41.9. The molecular formula is C36H18Cl6N12O14S4. The summed E-state index contributed by atoms with van der Waals surface area (Å²) in [6.45, 7) is 0. The first-order chi connectivity index (χ1) is 33.6. The molecule has 0 atom stereocenters. The minimum Gasteiger partial charge on any atom is -0.450 e. The first kappa shape index (κ1) is 50.8. The average molecular weight is 1180 g/mol. The Kier molecular flexibility index (Phi) is 13.0. The summed E-state index contributed by atoms with van der Waals surface area (Å²) in [5.74, 6) is -2.78. The van der Waals surface area contributed by atoms with Crippen molar-refractivity contribution in [3.05, 3.63) is 103 Å². The Bertz CT molecular complexity index is 3860. The maximum atomic E-state index is 13.1. The molecule has 0 amide bonds. The van der Waals surface area contributed by atoms with Gasteiger partial charge in [-0.2, -0.15) is 63.6 Å². The normalized spacial score (nSPS) is 12.9. The van der Waals surface area contributed by atoms with Gasteiger partial charge in [0, 0.05) is 11.4 Å². The van der Waals surface area contributed by atoms with E-state index in [1.54, 1.807) is 0 Å². The molecular weight excluding hydrogens is 1170 g/mol. The van der Waals surface area contributed by atoms with E-state index in [9.17, 15) is 51.9 Å². The Balaban J connectivity index is 1.08. The van der Waals surface area contributed by atoms with Gasteiger partial charge >= 0.3 is 0 Å². The quantitative estimate of drug-likeness (QED) is 0.0536. The van der Waals surface area contributed by atoms with Crippen LogP contribution in [-0.4, -0.2) is 81.8 Å². The molecule has 0 unspecified atom stereocenters. The van der Waals surface area contributed by atoms with E-state index in [4.69, 9.17) is 79.1 Å². The number of halogens is 6. The molecule has 4 heterocycles. The van der Waals surface area contributed by atoms with Gasteiger partial charge < -0.3 is 30.7 Å². The lowest BCUT2D eigenvalue weighted by Gasteiger charge is -2.24. The van der Waals surface area contributed by atoms with E-state index >= 15 is 0 Å². The number of nitrogens with one attached hydrogen (secondary N) is 4. The second-order valence-electron chi connectivity index (χ2n) is 14.2. The summed E-state index contributed by atoms with van der Waals surface area (Å²) in [5, 5.41) is 7.39. The lowest BCUT2D eigenvalue weighted by molar-refractivity contribution is 0.428. The van der Waals surface area contributed by atoms with Crippen LogP contribution >= 0.6 is 69.6 Å². The predicted molar refractivity (Wildman–Crippen MR) is 256 cm³/mol. The molecule has 0 bridgehead atoms. The van der Waals surface area contributed by atoms with E-state index in [1.807, 2.05) is 0 Å². The highest BCUT2D eigenvalue weighted by Gasteiger charge is 2.35. The predicted octanol–water partition coefficient (Wildman–Crippen LogP) is 8.05. The van der Waals surface area contributed by atoms with Crippen LogP contribution in [0.15, 0.2) is 90.2 Å². The molecule has 372 valence electrons. The highest BCUT2D eigenvalue weighted by molar-refractivity contribution is 7.86. The molecule has 0 radical (unpaired) electrons. The number of rotatable bonds is 12. The number of ether oxygens (including phenoxy) is 2. The number of anilines is 8. The molecule has 26 nitrogen and oxygen atoms in total. The average Bonchev–Trinajstić information content (AvgIpc) is 3.26. The summed E-state index contributed by atoms with van der Waals surface area (Å²) in [6, 6.07) is 11.1. The molecule has 9 rings (SSSR count). The van der Waals surface area contributed by atoms with Crippen LogP contribution < -0.4 is 41.5 Å². The van der Waals surface area contributed by atoms with Gasteiger partial charge in [0.15, 0.2) is 32.8 Å². The second kappa shape index (κ2) is 18.4. The van der Waals surface area contributed by atoms with Crippen LogP contribution in [0.1, 0.15) is 0 Å². The molecule has 72 heavy (non-hydrogen) atoms. The van der Waals surface area contributed by atoms with Crippen molar-refractivity contribution in [2.24, 2.45) is 9.98 Å². The molecule has 2 aromatic heterocycles. The van der Waals surface area contributed by atoms with Crippen molar-refractivity contribution in [1.29, 1.82) is 0 Å². The lowest BCUT2D eigenvalue weighted by atomic mass is 10.1. The fourth-order valence-corrected chi connectivity index (χ4v) is 10.9. The van der Waals surface area contributed by atoms with Crippen LogP contribution in [0.4, 0.5) is 57.4 Å². The zero-order chi connectivity index (χ0) is 52.0. The van der Waals surface area contributed by atoms with Crippen LogP contribution in [0.5, 0.6) is 23.0 Å². The molecule has 0 fully saturated rings. The second-order valence-corrected chi connectivity index (χ2v) is 21.8. The highest BCUT2D eigenvalue weighted by Crippen LogP contribution is 2.50. The van der Waals surface area contributed by atoms with Crippen LogP contribution in [0.25, 0.3) is 0 Å². The smallest absolute Gasteiger partial charge is 0.300 e. The van der Waals surface area contributed by atoms with Gasteiger partial charge in [-0.15, -0.1) is 0 Å². The summed E-state index contributed by atoms with van der Waals surface area (Å²) in [7, 11) is -20.6. The van der Waals surface area contributed by atoms with Crippen molar-refractivity contribution in [3.8, 4) is 23.0 Å². The molecule has 0 aliphatic carbocycles. The van der Waals surface area contributed by atoms with Gasteiger partial charge in [0.1, 0.15) is 41.9 Å². The van der Waals surface area contributed by atoms with E-state index in [2.05, 4.69) is 61.2 Å². The van der Waals surface area contributed by atoms with Crippen molar-refractivity contribution < 1.29 is 61.4 Å². The van der Waals surface area contributed by atoms with Crippen LogP contribution in [0.2, 0.25) is 31.2 Å². The van der Waals surface area contributed by atoms with Gasteiger partial charge in [0.25, 0.3) is 40.5 Å². The van der Waals surface area contributed by atoms with E-state index < -0.39 is 104 Å². The number of hydrogen-bond donors (Lipinski definition) is 8. The number of nitrogens with zero attached hydrogens (tertiary/aromatic N) is 8. The molecule has 0 saturated heterocycles. The van der Waals surface area contributed by atoms with Gasteiger partial charge in [0.05, 0.1) is 22.7 Å². The Labute approximate surface area is 432 Å². The topological polar surface area (TPSA) is 386 Å². The van der Waals surface area contributed by atoms with E-state index in [1.165, 1.54) is 24.3 Å². The number of benzene rings is 5. The minimum atomic E-state index is -5.29. The van der Waals surface area contributed by atoms with Crippen molar-refractivity contribution in [1.82, 2.24) is 29.9 Å². The van der Waals surface area contributed by atoms with Gasteiger partial charge in [-0.1, -0.05) is 23.2 Å². The highest BCUT2D eigenvalue weighted by atomic mass is 35.5. The molecule has 0 spiro atoms. The van der Waals surface area contributed by atoms with E-state index in [-0.39, 0.29) is 77.9 Å². The molecule has 36 heteroatoms. The summed E-state index contributed by atoms with van der Waals surface area (Å²) in [6.07, 6.45) is 0. The number of fused-ring (bicyclic) bond motifs is 4. The first-order valence-electron chi connectivity index (χ1n) is 18.7. The van der Waals surface area contributed by atoms with Crippen molar-refractivity contribution >= 4 is 167 Å². The zero-order valence-electron chi connectivity index (χ0n) is 34.1. The molecule has 2 aliphatic heterocycles. The standard InChI is InChI=1S/C36H18Cl6N12O14S4/c37-21-24-28(68-26-16(46-24)6-8-18(30(26)72(64,65)66)44-12-2-4-14(20(10-12)70(58,59)60)48-36-53-33(41)50-34(42)54-36)22(38)23-27(21)67-25-15(45-23)5-7-17(29(25)71(61,62)63)43-11-1-3-13(19(9-11)69(55,56)57)47-35-51-31(39)49-32(40)52-35/h1-10,43-44H,(H,55,56,57)(H,58,59,60)(H,61,62,63)(H,64,65,66)(H,47,49,51,52)(H,48,50,53,54). The maximum Gasteiger partial charge on any atom is 0.300 e. The van der Waals surface area contributed by atoms with Crippen molar-refractivity contribution in [2.45, 2.75) is 19.6 Å². The lowest BCUT2D eigenvalue weighted by Crippen LogP contribution is -2.23. The summed E-state index contributed by atoms with van der Waals surface area (Å²) < 4.78 is 156. The third-order valence-electron chi connectivity index (χ3n) is 9.55. The van der Waals surface area contributed by atoms with E-state index in [0.717, 1.165) is 36.4 Å². The molecule has 7 aromatic rings. The van der Waals surface area contributed by atoms with E-state index in [0.29, 0.717) is 0 Å². The number of aromatic nitrogens is 6. The summed E-state index contributed by atoms with van der Waals surface area (Å²) in [4.78, 5) is 27.6. The van der Waals surface area contributed by atoms with Crippen molar-refractivity contribution in [2.75, 3.05) is 21.3 Å². The van der Waals surface area contributed by atoms with Gasteiger partial charge in [-0.3, -0.25) is 18.2 Å². The third-order valence-corrected chi connectivity index (χ3v) is 14.6. The SMILES string of the molecule is O=S(=O)(O)c1cc(Nc2ccc3c(c2S(=O)(=O)O)Oc2c(Cl)c4c(c(Cl)c2=N3)Oc2c(ccc(Nc3ccc(Nc5nc(Cl)nc(Cl)n5)c(S(=O)(=O)O)c3)c2S(=O)(=O)O)N=4)ccc1Nc1nc(Cl)nc(Cl)n1. The molecule has 2 aliphatic rings. The van der Waals surface area contributed by atoms with Crippen LogP contribution in [0.3, 0.4) is 0 Å². The Hall–Kier alpha value is -6.10.